The number of phenolic OH excluding ortho intramolecular Hbond substituents is 1. The van der Waals surface area contributed by atoms with Gasteiger partial charge >= 0.3 is 0 Å². The Morgan fingerprint density at radius 2 is 2.05 bits per heavy atom. The predicted molar refractivity (Wildman–Crippen MR) is 78.4 cm³/mol. The van der Waals surface area contributed by atoms with Crippen LogP contribution in [0.4, 0.5) is 0 Å². The van der Waals surface area contributed by atoms with Crippen LogP contribution in [-0.4, -0.2) is 48.3 Å². The van der Waals surface area contributed by atoms with E-state index < -0.39 is 0 Å². The molecule has 4 heteroatoms. The largest absolute Gasteiger partial charge is 0.508 e. The first-order valence-corrected chi connectivity index (χ1v) is 6.99. The second kappa shape index (κ2) is 5.90. The van der Waals surface area contributed by atoms with Crippen LogP contribution in [0.15, 0.2) is 18.2 Å². The summed E-state index contributed by atoms with van der Waals surface area (Å²) in [7, 11) is 0. The molecular formula is C15H25N3O. The third kappa shape index (κ3) is 3.26. The molecule has 0 aromatic heterocycles. The molecule has 1 aromatic rings. The predicted octanol–water partition coefficient (Wildman–Crippen LogP) is 0.866. The quantitative estimate of drug-likeness (QED) is 0.754. The molecule has 1 heterocycles. The zero-order chi connectivity index (χ0) is 13.9. The van der Waals surface area contributed by atoms with Crippen molar-refractivity contribution in [1.29, 1.82) is 0 Å². The van der Waals surface area contributed by atoms with E-state index in [0.717, 1.165) is 38.2 Å². The second-order valence-corrected chi connectivity index (χ2v) is 5.75. The lowest BCUT2D eigenvalue weighted by molar-refractivity contribution is 0.0940. The van der Waals surface area contributed by atoms with E-state index in [2.05, 4.69) is 23.2 Å². The smallest absolute Gasteiger partial charge is 0.118 e. The molecule has 0 spiro atoms. The van der Waals surface area contributed by atoms with Crippen LogP contribution in [0.5, 0.6) is 5.75 Å². The van der Waals surface area contributed by atoms with Gasteiger partial charge in [-0.1, -0.05) is 17.7 Å². The van der Waals surface area contributed by atoms with Gasteiger partial charge in [0.2, 0.25) is 0 Å². The zero-order valence-corrected chi connectivity index (χ0v) is 11.9. The minimum absolute atomic E-state index is 0.0899. The Hall–Kier alpha value is -1.10. The molecule has 1 fully saturated rings. The van der Waals surface area contributed by atoms with Crippen molar-refractivity contribution in [3.8, 4) is 5.75 Å². The Kier molecular flexibility index (Phi) is 4.45. The Morgan fingerprint density at radius 1 is 1.37 bits per heavy atom. The fourth-order valence-electron chi connectivity index (χ4n) is 2.78. The minimum Gasteiger partial charge on any atom is -0.508 e. The van der Waals surface area contributed by atoms with Crippen molar-refractivity contribution in [2.75, 3.05) is 32.7 Å². The van der Waals surface area contributed by atoms with E-state index in [0.29, 0.717) is 12.3 Å². The molecule has 0 bridgehead atoms. The molecular weight excluding hydrogens is 238 g/mol. The van der Waals surface area contributed by atoms with Gasteiger partial charge < -0.3 is 16.2 Å². The van der Waals surface area contributed by atoms with Crippen molar-refractivity contribution < 1.29 is 5.11 Å². The first-order valence-electron chi connectivity index (χ1n) is 6.99. The van der Waals surface area contributed by atoms with Gasteiger partial charge in [0.25, 0.3) is 0 Å². The van der Waals surface area contributed by atoms with Gasteiger partial charge in [-0.2, -0.15) is 0 Å². The molecule has 0 radical (unpaired) electrons. The van der Waals surface area contributed by atoms with Gasteiger partial charge in [-0.3, -0.25) is 4.90 Å². The van der Waals surface area contributed by atoms with E-state index in [4.69, 9.17) is 5.73 Å². The summed E-state index contributed by atoms with van der Waals surface area (Å²) in [6, 6.07) is 5.77. The number of rotatable bonds is 4. The van der Waals surface area contributed by atoms with Crippen molar-refractivity contribution in [2.45, 2.75) is 25.8 Å². The third-order valence-electron chi connectivity index (χ3n) is 4.13. The molecule has 4 N–H and O–H groups in total. The van der Waals surface area contributed by atoms with E-state index >= 15 is 0 Å². The highest BCUT2D eigenvalue weighted by Gasteiger charge is 2.32. The standard InChI is InChI=1S/C15H25N3O/c1-12-3-4-14(19)13(9-12)10-15(2,11-16)18-7-5-17-6-8-18/h3-4,9,17,19H,5-8,10-11,16H2,1-2H3. The number of phenols is 1. The fraction of sp³-hybridized carbons (Fsp3) is 0.600. The molecule has 1 saturated heterocycles. The Labute approximate surface area is 115 Å². The van der Waals surface area contributed by atoms with Gasteiger partial charge in [0.15, 0.2) is 0 Å². The summed E-state index contributed by atoms with van der Waals surface area (Å²) in [5, 5.41) is 13.4. The SMILES string of the molecule is Cc1ccc(O)c(CC(C)(CN)N2CCNCC2)c1. The van der Waals surface area contributed by atoms with Gasteiger partial charge in [0.05, 0.1) is 0 Å². The van der Waals surface area contributed by atoms with E-state index in [1.54, 1.807) is 6.07 Å². The Bertz CT molecular complexity index is 429. The molecule has 1 aliphatic rings. The number of nitrogens with two attached hydrogens (primary N) is 1. The number of nitrogens with zero attached hydrogens (tertiary/aromatic N) is 1. The molecule has 1 unspecified atom stereocenters. The van der Waals surface area contributed by atoms with Crippen LogP contribution in [0.25, 0.3) is 0 Å². The van der Waals surface area contributed by atoms with E-state index in [1.807, 2.05) is 13.0 Å². The molecule has 19 heavy (non-hydrogen) atoms. The van der Waals surface area contributed by atoms with Crippen LogP contribution < -0.4 is 11.1 Å². The molecule has 2 rings (SSSR count). The summed E-state index contributed by atoms with van der Waals surface area (Å²) >= 11 is 0. The summed E-state index contributed by atoms with van der Waals surface area (Å²) in [4.78, 5) is 2.44. The second-order valence-electron chi connectivity index (χ2n) is 5.75. The monoisotopic (exact) mass is 263 g/mol. The normalized spacial score (nSPS) is 20.2. The van der Waals surface area contributed by atoms with Crippen LogP contribution in [0.2, 0.25) is 0 Å². The fourth-order valence-corrected chi connectivity index (χ4v) is 2.78. The molecule has 0 amide bonds. The molecule has 0 saturated carbocycles. The third-order valence-corrected chi connectivity index (χ3v) is 4.13. The minimum atomic E-state index is -0.0899. The maximum absolute atomic E-state index is 10.0. The molecule has 1 aromatic carbocycles. The number of hydrogen-bond donors (Lipinski definition) is 3. The molecule has 4 nitrogen and oxygen atoms in total. The lowest BCUT2D eigenvalue weighted by Crippen LogP contribution is -2.59. The molecule has 1 aliphatic heterocycles. The van der Waals surface area contributed by atoms with Gasteiger partial charge in [0, 0.05) is 38.3 Å². The maximum Gasteiger partial charge on any atom is 0.118 e. The van der Waals surface area contributed by atoms with Crippen LogP contribution in [0.3, 0.4) is 0 Å². The summed E-state index contributed by atoms with van der Waals surface area (Å²) in [5.74, 6) is 0.375. The number of benzene rings is 1. The number of aromatic hydroxyl groups is 1. The molecule has 0 aliphatic carbocycles. The highest BCUT2D eigenvalue weighted by molar-refractivity contribution is 5.37. The lowest BCUT2D eigenvalue weighted by atomic mass is 9.89. The highest BCUT2D eigenvalue weighted by Crippen LogP contribution is 2.26. The topological polar surface area (TPSA) is 61.5 Å². The Morgan fingerprint density at radius 3 is 2.68 bits per heavy atom. The Balaban J connectivity index is 2.19. The van der Waals surface area contributed by atoms with Crippen molar-refractivity contribution in [1.82, 2.24) is 10.2 Å². The molecule has 106 valence electrons. The number of hydrogen-bond acceptors (Lipinski definition) is 4. The highest BCUT2D eigenvalue weighted by atomic mass is 16.3. The zero-order valence-electron chi connectivity index (χ0n) is 11.9. The van der Waals surface area contributed by atoms with E-state index in [-0.39, 0.29) is 5.54 Å². The van der Waals surface area contributed by atoms with Crippen LogP contribution in [-0.2, 0) is 6.42 Å². The van der Waals surface area contributed by atoms with Crippen molar-refractivity contribution in [2.24, 2.45) is 5.73 Å². The number of piperazine rings is 1. The molecule has 1 atom stereocenters. The maximum atomic E-state index is 10.0. The van der Waals surface area contributed by atoms with Crippen LogP contribution in [0.1, 0.15) is 18.1 Å². The van der Waals surface area contributed by atoms with Crippen molar-refractivity contribution >= 4 is 0 Å². The average molecular weight is 263 g/mol. The average Bonchev–Trinajstić information content (AvgIpc) is 2.44. The summed E-state index contributed by atoms with van der Waals surface area (Å²) in [5.41, 5.74) is 8.11. The van der Waals surface area contributed by atoms with Gasteiger partial charge in [-0.25, -0.2) is 0 Å². The van der Waals surface area contributed by atoms with Crippen LogP contribution >= 0.6 is 0 Å². The van der Waals surface area contributed by atoms with Crippen molar-refractivity contribution in [3.63, 3.8) is 0 Å². The van der Waals surface area contributed by atoms with E-state index in [9.17, 15) is 5.11 Å². The summed E-state index contributed by atoms with van der Waals surface area (Å²) < 4.78 is 0. The van der Waals surface area contributed by atoms with Crippen LogP contribution in [0, 0.1) is 6.92 Å². The summed E-state index contributed by atoms with van der Waals surface area (Å²) in [6.45, 7) is 8.89. The number of nitrogens with one attached hydrogen (secondary N) is 1. The van der Waals surface area contributed by atoms with Gasteiger partial charge in [-0.15, -0.1) is 0 Å². The lowest BCUT2D eigenvalue weighted by Gasteiger charge is -2.43. The van der Waals surface area contributed by atoms with E-state index in [1.165, 1.54) is 5.56 Å². The van der Waals surface area contributed by atoms with Gasteiger partial charge in [0.1, 0.15) is 5.75 Å². The summed E-state index contributed by atoms with van der Waals surface area (Å²) in [6.07, 6.45) is 0.789. The van der Waals surface area contributed by atoms with Crippen molar-refractivity contribution in [3.05, 3.63) is 29.3 Å². The first-order chi connectivity index (χ1) is 9.05. The van der Waals surface area contributed by atoms with Gasteiger partial charge in [-0.05, 0) is 31.9 Å². The first kappa shape index (κ1) is 14.3. The number of aryl methyl sites for hydroxylation is 1.